The van der Waals surface area contributed by atoms with Crippen LogP contribution in [0.15, 0.2) is 48.9 Å². The molecule has 0 fully saturated rings. The number of hydrogen-bond donors (Lipinski definition) is 3. The summed E-state index contributed by atoms with van der Waals surface area (Å²) in [4.78, 5) is 12.8. The van der Waals surface area contributed by atoms with Gasteiger partial charge in [0.05, 0.1) is 0 Å². The third kappa shape index (κ3) is 3.43. The second-order valence-corrected chi connectivity index (χ2v) is 5.47. The molecule has 0 spiro atoms. The van der Waals surface area contributed by atoms with Crippen LogP contribution in [0.1, 0.15) is 18.1 Å². The van der Waals surface area contributed by atoms with Crippen molar-refractivity contribution in [2.45, 2.75) is 20.3 Å². The SMILES string of the molecule is CCc1ccccc1Nc1ncnc(Nc2ccc(C)cn2)c1N. The standard InChI is InChI=1S/C18H20N6/c1-3-13-6-4-5-7-14(13)23-17-16(19)18(22-11-21-17)24-15-9-8-12(2)10-20-15/h4-11H,3,19H2,1-2H3,(H2,20,21,22,23,24). The highest BCUT2D eigenvalue weighted by molar-refractivity contribution is 5.80. The molecule has 3 rings (SSSR count). The minimum Gasteiger partial charge on any atom is -0.393 e. The van der Waals surface area contributed by atoms with Crippen molar-refractivity contribution in [3.63, 3.8) is 0 Å². The predicted octanol–water partition coefficient (Wildman–Crippen LogP) is 3.81. The quantitative estimate of drug-likeness (QED) is 0.662. The van der Waals surface area contributed by atoms with Crippen LogP contribution in [-0.2, 0) is 6.42 Å². The number of aryl methyl sites for hydroxylation is 2. The maximum Gasteiger partial charge on any atom is 0.160 e. The van der Waals surface area contributed by atoms with Gasteiger partial charge < -0.3 is 16.4 Å². The zero-order valence-electron chi connectivity index (χ0n) is 13.7. The average molecular weight is 320 g/mol. The first kappa shape index (κ1) is 15.7. The van der Waals surface area contributed by atoms with Crippen LogP contribution in [0.5, 0.6) is 0 Å². The second-order valence-electron chi connectivity index (χ2n) is 5.47. The summed E-state index contributed by atoms with van der Waals surface area (Å²) >= 11 is 0. The molecule has 0 aliphatic carbocycles. The third-order valence-electron chi connectivity index (χ3n) is 3.69. The minimum atomic E-state index is 0.450. The number of nitrogens with zero attached hydrogens (tertiary/aromatic N) is 3. The van der Waals surface area contributed by atoms with E-state index in [0.29, 0.717) is 23.1 Å². The van der Waals surface area contributed by atoms with Gasteiger partial charge in [0.15, 0.2) is 11.6 Å². The van der Waals surface area contributed by atoms with Crippen LogP contribution in [-0.4, -0.2) is 15.0 Å². The number of nitrogen functional groups attached to an aromatic ring is 1. The lowest BCUT2D eigenvalue weighted by Gasteiger charge is -2.14. The van der Waals surface area contributed by atoms with E-state index in [2.05, 4.69) is 38.6 Å². The Hall–Kier alpha value is -3.15. The number of para-hydroxylation sites is 1. The van der Waals surface area contributed by atoms with Crippen molar-refractivity contribution in [3.8, 4) is 0 Å². The fraction of sp³-hybridized carbons (Fsp3) is 0.167. The fourth-order valence-electron chi connectivity index (χ4n) is 2.34. The Bertz CT molecular complexity index is 829. The first-order chi connectivity index (χ1) is 11.7. The van der Waals surface area contributed by atoms with Crippen molar-refractivity contribution < 1.29 is 0 Å². The normalized spacial score (nSPS) is 10.4. The summed E-state index contributed by atoms with van der Waals surface area (Å²) in [7, 11) is 0. The van der Waals surface area contributed by atoms with Gasteiger partial charge in [-0.05, 0) is 36.6 Å². The van der Waals surface area contributed by atoms with E-state index in [-0.39, 0.29) is 0 Å². The van der Waals surface area contributed by atoms with Crippen LogP contribution < -0.4 is 16.4 Å². The molecular formula is C18H20N6. The molecule has 1 aromatic carbocycles. The van der Waals surface area contributed by atoms with Crippen molar-refractivity contribution in [2.24, 2.45) is 0 Å². The van der Waals surface area contributed by atoms with E-state index < -0.39 is 0 Å². The van der Waals surface area contributed by atoms with Gasteiger partial charge in [-0.1, -0.05) is 31.2 Å². The van der Waals surface area contributed by atoms with E-state index >= 15 is 0 Å². The Morgan fingerprint density at radius 1 is 0.958 bits per heavy atom. The Kier molecular flexibility index (Phi) is 4.56. The lowest BCUT2D eigenvalue weighted by molar-refractivity contribution is 1.13. The number of nitrogens with two attached hydrogens (primary N) is 1. The zero-order chi connectivity index (χ0) is 16.9. The molecule has 0 saturated heterocycles. The van der Waals surface area contributed by atoms with Gasteiger partial charge in [0.2, 0.25) is 0 Å². The third-order valence-corrected chi connectivity index (χ3v) is 3.69. The number of hydrogen-bond acceptors (Lipinski definition) is 6. The molecule has 0 amide bonds. The predicted molar refractivity (Wildman–Crippen MR) is 97.8 cm³/mol. The van der Waals surface area contributed by atoms with E-state index in [0.717, 1.165) is 17.7 Å². The van der Waals surface area contributed by atoms with Gasteiger partial charge in [-0.3, -0.25) is 0 Å². The van der Waals surface area contributed by atoms with E-state index in [1.54, 1.807) is 6.20 Å². The molecule has 0 bridgehead atoms. The Morgan fingerprint density at radius 2 is 1.71 bits per heavy atom. The average Bonchev–Trinajstić information content (AvgIpc) is 2.61. The van der Waals surface area contributed by atoms with Gasteiger partial charge >= 0.3 is 0 Å². The molecular weight excluding hydrogens is 300 g/mol. The number of anilines is 5. The molecule has 0 unspecified atom stereocenters. The maximum absolute atomic E-state index is 6.22. The summed E-state index contributed by atoms with van der Waals surface area (Å²) in [5, 5.41) is 6.42. The Balaban J connectivity index is 1.86. The lowest BCUT2D eigenvalue weighted by atomic mass is 10.1. The summed E-state index contributed by atoms with van der Waals surface area (Å²) in [6.45, 7) is 4.10. The number of aromatic nitrogens is 3. The highest BCUT2D eigenvalue weighted by Gasteiger charge is 2.10. The highest BCUT2D eigenvalue weighted by Crippen LogP contribution is 2.28. The van der Waals surface area contributed by atoms with E-state index in [4.69, 9.17) is 5.73 Å². The van der Waals surface area contributed by atoms with Crippen LogP contribution in [0.3, 0.4) is 0 Å². The molecule has 0 radical (unpaired) electrons. The van der Waals surface area contributed by atoms with Gasteiger partial charge in [0, 0.05) is 11.9 Å². The van der Waals surface area contributed by atoms with Crippen LogP contribution in [0.25, 0.3) is 0 Å². The number of nitrogens with one attached hydrogen (secondary N) is 2. The van der Waals surface area contributed by atoms with Gasteiger partial charge in [0.25, 0.3) is 0 Å². The highest BCUT2D eigenvalue weighted by atomic mass is 15.1. The van der Waals surface area contributed by atoms with Crippen molar-refractivity contribution in [3.05, 3.63) is 60.0 Å². The van der Waals surface area contributed by atoms with Crippen LogP contribution in [0, 0.1) is 6.92 Å². The molecule has 6 heteroatoms. The first-order valence-electron chi connectivity index (χ1n) is 7.82. The lowest BCUT2D eigenvalue weighted by Crippen LogP contribution is -2.06. The second kappa shape index (κ2) is 6.95. The van der Waals surface area contributed by atoms with Crippen LogP contribution in [0.4, 0.5) is 28.8 Å². The van der Waals surface area contributed by atoms with E-state index in [9.17, 15) is 0 Å². The summed E-state index contributed by atoms with van der Waals surface area (Å²) in [5.74, 6) is 1.78. The molecule has 3 aromatic rings. The Labute approximate surface area is 141 Å². The van der Waals surface area contributed by atoms with Gasteiger partial charge in [-0.25, -0.2) is 15.0 Å². The summed E-state index contributed by atoms with van der Waals surface area (Å²) in [6, 6.07) is 11.9. The van der Waals surface area contributed by atoms with Crippen LogP contribution >= 0.6 is 0 Å². The maximum atomic E-state index is 6.22. The van der Waals surface area contributed by atoms with E-state index in [1.807, 2.05) is 37.3 Å². The van der Waals surface area contributed by atoms with Crippen molar-refractivity contribution in [1.82, 2.24) is 15.0 Å². The topological polar surface area (TPSA) is 88.8 Å². The van der Waals surface area contributed by atoms with Crippen molar-refractivity contribution >= 4 is 28.8 Å². The molecule has 2 heterocycles. The summed E-state index contributed by atoms with van der Waals surface area (Å²) < 4.78 is 0. The van der Waals surface area contributed by atoms with E-state index in [1.165, 1.54) is 11.9 Å². The van der Waals surface area contributed by atoms with Gasteiger partial charge in [0.1, 0.15) is 17.8 Å². The Morgan fingerprint density at radius 3 is 2.42 bits per heavy atom. The largest absolute Gasteiger partial charge is 0.393 e. The molecule has 24 heavy (non-hydrogen) atoms. The molecule has 0 aliphatic rings. The molecule has 4 N–H and O–H groups in total. The molecule has 122 valence electrons. The molecule has 6 nitrogen and oxygen atoms in total. The fourth-order valence-corrected chi connectivity index (χ4v) is 2.34. The molecule has 0 atom stereocenters. The van der Waals surface area contributed by atoms with Crippen molar-refractivity contribution in [1.29, 1.82) is 0 Å². The van der Waals surface area contributed by atoms with Gasteiger partial charge in [-0.2, -0.15) is 0 Å². The van der Waals surface area contributed by atoms with Gasteiger partial charge in [-0.15, -0.1) is 0 Å². The molecule has 0 saturated carbocycles. The monoisotopic (exact) mass is 320 g/mol. The summed E-state index contributed by atoms with van der Waals surface area (Å²) in [6.07, 6.45) is 4.19. The van der Waals surface area contributed by atoms with Crippen molar-refractivity contribution in [2.75, 3.05) is 16.4 Å². The number of rotatable bonds is 5. The molecule has 2 aromatic heterocycles. The zero-order valence-corrected chi connectivity index (χ0v) is 13.7. The number of pyridine rings is 1. The number of benzene rings is 1. The van der Waals surface area contributed by atoms with Crippen LogP contribution in [0.2, 0.25) is 0 Å². The molecule has 0 aliphatic heterocycles. The minimum absolute atomic E-state index is 0.450. The smallest absolute Gasteiger partial charge is 0.160 e. The first-order valence-corrected chi connectivity index (χ1v) is 7.82. The summed E-state index contributed by atoms with van der Waals surface area (Å²) in [5.41, 5.74) is 9.95.